The summed E-state index contributed by atoms with van der Waals surface area (Å²) in [6.07, 6.45) is 3.58. The summed E-state index contributed by atoms with van der Waals surface area (Å²) in [7, 11) is 3.59. The second-order valence-electron chi connectivity index (χ2n) is 4.49. The molecule has 0 unspecified atom stereocenters. The Balaban J connectivity index is 2.26. The summed E-state index contributed by atoms with van der Waals surface area (Å²) in [5.41, 5.74) is 0. The van der Waals surface area contributed by atoms with Crippen LogP contribution in [0.2, 0.25) is 0 Å². The van der Waals surface area contributed by atoms with Crippen LogP contribution in [0.5, 0.6) is 0 Å². The number of likely N-dealkylation sites (tertiary alicyclic amines) is 1. The van der Waals surface area contributed by atoms with E-state index < -0.39 is 0 Å². The first-order valence-corrected chi connectivity index (χ1v) is 6.22. The van der Waals surface area contributed by atoms with Gasteiger partial charge in [0.25, 0.3) is 0 Å². The molecular formula is C12H25N3O. The van der Waals surface area contributed by atoms with Crippen molar-refractivity contribution in [2.24, 2.45) is 10.9 Å². The second-order valence-corrected chi connectivity index (χ2v) is 4.49. The predicted molar refractivity (Wildman–Crippen MR) is 67.8 cm³/mol. The number of methoxy groups -OCH3 is 1. The Labute approximate surface area is 99.1 Å². The molecular weight excluding hydrogens is 202 g/mol. The van der Waals surface area contributed by atoms with Crippen LogP contribution in [0.4, 0.5) is 0 Å². The van der Waals surface area contributed by atoms with Crippen LogP contribution in [-0.2, 0) is 4.74 Å². The van der Waals surface area contributed by atoms with Gasteiger partial charge < -0.3 is 15.0 Å². The number of nitrogens with zero attached hydrogens (tertiary/aromatic N) is 2. The molecule has 0 aromatic rings. The van der Waals surface area contributed by atoms with Gasteiger partial charge in [-0.05, 0) is 25.2 Å². The zero-order valence-electron chi connectivity index (χ0n) is 10.8. The molecule has 0 bridgehead atoms. The van der Waals surface area contributed by atoms with Crippen LogP contribution in [-0.4, -0.2) is 51.3 Å². The zero-order valence-corrected chi connectivity index (χ0v) is 10.8. The van der Waals surface area contributed by atoms with Crippen molar-refractivity contribution in [2.45, 2.75) is 26.2 Å². The topological polar surface area (TPSA) is 36.9 Å². The van der Waals surface area contributed by atoms with E-state index in [0.717, 1.165) is 44.5 Å². The van der Waals surface area contributed by atoms with E-state index in [-0.39, 0.29) is 0 Å². The van der Waals surface area contributed by atoms with Crippen molar-refractivity contribution in [1.82, 2.24) is 10.2 Å². The van der Waals surface area contributed by atoms with Crippen LogP contribution in [0.25, 0.3) is 0 Å². The maximum absolute atomic E-state index is 5.02. The van der Waals surface area contributed by atoms with E-state index in [9.17, 15) is 0 Å². The highest BCUT2D eigenvalue weighted by atomic mass is 16.5. The average molecular weight is 227 g/mol. The first kappa shape index (κ1) is 13.3. The molecule has 16 heavy (non-hydrogen) atoms. The van der Waals surface area contributed by atoms with Crippen LogP contribution in [0.3, 0.4) is 0 Å². The highest BCUT2D eigenvalue weighted by Crippen LogP contribution is 2.15. The van der Waals surface area contributed by atoms with Gasteiger partial charge in [-0.25, -0.2) is 0 Å². The molecule has 0 amide bonds. The third-order valence-corrected chi connectivity index (χ3v) is 3.10. The minimum atomic E-state index is 0.807. The third kappa shape index (κ3) is 4.39. The Morgan fingerprint density at radius 2 is 2.12 bits per heavy atom. The Morgan fingerprint density at radius 1 is 1.44 bits per heavy atom. The molecule has 4 nitrogen and oxygen atoms in total. The zero-order chi connectivity index (χ0) is 11.8. The minimum Gasteiger partial charge on any atom is -0.385 e. The summed E-state index contributed by atoms with van der Waals surface area (Å²) in [6, 6.07) is 0. The van der Waals surface area contributed by atoms with Crippen molar-refractivity contribution >= 4 is 5.96 Å². The van der Waals surface area contributed by atoms with Crippen molar-refractivity contribution in [3.05, 3.63) is 0 Å². The molecule has 94 valence electrons. The number of piperidine rings is 1. The van der Waals surface area contributed by atoms with Gasteiger partial charge in [-0.3, -0.25) is 4.99 Å². The number of nitrogens with one attached hydrogen (secondary N) is 1. The van der Waals surface area contributed by atoms with Gasteiger partial charge in [0, 0.05) is 40.4 Å². The van der Waals surface area contributed by atoms with Gasteiger partial charge in [-0.2, -0.15) is 0 Å². The SMILES string of the molecule is CN=C(NCCCOC)N1CCC(C)CC1. The van der Waals surface area contributed by atoms with E-state index >= 15 is 0 Å². The quantitative estimate of drug-likeness (QED) is 0.447. The lowest BCUT2D eigenvalue weighted by Crippen LogP contribution is -2.45. The van der Waals surface area contributed by atoms with Crippen LogP contribution in [0.1, 0.15) is 26.2 Å². The van der Waals surface area contributed by atoms with Gasteiger partial charge in [-0.1, -0.05) is 6.92 Å². The largest absolute Gasteiger partial charge is 0.385 e. The van der Waals surface area contributed by atoms with Crippen molar-refractivity contribution in [2.75, 3.05) is 40.4 Å². The highest BCUT2D eigenvalue weighted by Gasteiger charge is 2.17. The fourth-order valence-electron chi connectivity index (χ4n) is 1.97. The summed E-state index contributed by atoms with van der Waals surface area (Å²) >= 11 is 0. The summed E-state index contributed by atoms with van der Waals surface area (Å²) in [5, 5.41) is 3.38. The molecule has 0 saturated carbocycles. The van der Waals surface area contributed by atoms with E-state index in [0.29, 0.717) is 0 Å². The number of hydrogen-bond donors (Lipinski definition) is 1. The molecule has 0 spiro atoms. The molecule has 0 aromatic carbocycles. The van der Waals surface area contributed by atoms with Gasteiger partial charge >= 0.3 is 0 Å². The number of hydrogen-bond acceptors (Lipinski definition) is 2. The molecule has 1 heterocycles. The Kier molecular flexibility index (Phi) is 6.23. The summed E-state index contributed by atoms with van der Waals surface area (Å²) < 4.78 is 5.02. The van der Waals surface area contributed by atoms with Crippen LogP contribution >= 0.6 is 0 Å². The number of rotatable bonds is 4. The monoisotopic (exact) mass is 227 g/mol. The first-order valence-electron chi connectivity index (χ1n) is 6.22. The van der Waals surface area contributed by atoms with E-state index in [1.165, 1.54) is 12.8 Å². The van der Waals surface area contributed by atoms with Gasteiger partial charge in [0.15, 0.2) is 5.96 Å². The Morgan fingerprint density at radius 3 is 2.69 bits per heavy atom. The molecule has 0 atom stereocenters. The van der Waals surface area contributed by atoms with Crippen molar-refractivity contribution in [3.63, 3.8) is 0 Å². The first-order chi connectivity index (χ1) is 7.77. The maximum atomic E-state index is 5.02. The molecule has 1 saturated heterocycles. The Hall–Kier alpha value is -0.770. The lowest BCUT2D eigenvalue weighted by Gasteiger charge is -2.32. The fraction of sp³-hybridized carbons (Fsp3) is 0.917. The second kappa shape index (κ2) is 7.49. The van der Waals surface area contributed by atoms with Gasteiger partial charge in [-0.15, -0.1) is 0 Å². The van der Waals surface area contributed by atoms with Gasteiger partial charge in [0.05, 0.1) is 0 Å². The average Bonchev–Trinajstić information content (AvgIpc) is 2.31. The molecule has 0 radical (unpaired) electrons. The molecule has 1 rings (SSSR count). The van der Waals surface area contributed by atoms with Crippen molar-refractivity contribution < 1.29 is 4.74 Å². The van der Waals surface area contributed by atoms with Gasteiger partial charge in [0.1, 0.15) is 0 Å². The maximum Gasteiger partial charge on any atom is 0.193 e. The minimum absolute atomic E-state index is 0.807. The van der Waals surface area contributed by atoms with Crippen LogP contribution in [0, 0.1) is 5.92 Å². The lowest BCUT2D eigenvalue weighted by molar-refractivity contribution is 0.195. The molecule has 0 aromatic heterocycles. The third-order valence-electron chi connectivity index (χ3n) is 3.10. The molecule has 1 aliphatic heterocycles. The highest BCUT2D eigenvalue weighted by molar-refractivity contribution is 5.79. The lowest BCUT2D eigenvalue weighted by atomic mass is 10.00. The Bertz CT molecular complexity index is 210. The molecule has 4 heteroatoms. The normalized spacial score (nSPS) is 18.9. The van der Waals surface area contributed by atoms with Crippen LogP contribution in [0.15, 0.2) is 4.99 Å². The van der Waals surface area contributed by atoms with Crippen molar-refractivity contribution in [1.29, 1.82) is 0 Å². The molecule has 1 N–H and O–H groups in total. The number of ether oxygens (including phenoxy) is 1. The molecule has 1 fully saturated rings. The van der Waals surface area contributed by atoms with Crippen molar-refractivity contribution in [3.8, 4) is 0 Å². The smallest absolute Gasteiger partial charge is 0.193 e. The number of aliphatic imine (C=N–C) groups is 1. The van der Waals surface area contributed by atoms with E-state index in [1.807, 2.05) is 7.05 Å². The molecule has 0 aliphatic carbocycles. The van der Waals surface area contributed by atoms with E-state index in [4.69, 9.17) is 4.74 Å². The fourth-order valence-corrected chi connectivity index (χ4v) is 1.97. The van der Waals surface area contributed by atoms with E-state index in [1.54, 1.807) is 7.11 Å². The summed E-state index contributed by atoms with van der Waals surface area (Å²) in [4.78, 5) is 6.68. The van der Waals surface area contributed by atoms with E-state index in [2.05, 4.69) is 22.1 Å². The number of guanidine groups is 1. The summed E-state index contributed by atoms with van der Waals surface area (Å²) in [5.74, 6) is 1.91. The predicted octanol–water partition coefficient (Wildman–Crippen LogP) is 1.33. The summed E-state index contributed by atoms with van der Waals surface area (Å²) in [6.45, 7) is 6.33. The van der Waals surface area contributed by atoms with Crippen LogP contribution < -0.4 is 5.32 Å². The van der Waals surface area contributed by atoms with Gasteiger partial charge in [0.2, 0.25) is 0 Å². The standard InChI is InChI=1S/C12H25N3O/c1-11-5-8-15(9-6-11)12(13-2)14-7-4-10-16-3/h11H,4-10H2,1-3H3,(H,13,14). The molecule has 1 aliphatic rings.